The smallest absolute Gasteiger partial charge is 0.346 e. The number of nitrogens with zero attached hydrogens (tertiary/aromatic N) is 3. The van der Waals surface area contributed by atoms with Crippen molar-refractivity contribution in [1.29, 1.82) is 0 Å². The number of aromatic amines is 1. The zero-order chi connectivity index (χ0) is 21.3. The minimum atomic E-state index is -4.56. The molecule has 3 aromatic heterocycles. The Morgan fingerprint density at radius 2 is 1.70 bits per heavy atom. The van der Waals surface area contributed by atoms with Crippen LogP contribution in [0, 0.1) is 5.82 Å². The van der Waals surface area contributed by atoms with E-state index in [0.717, 1.165) is 34.3 Å². The number of rotatable bonds is 5. The molecule has 4 rings (SSSR count). The number of hydrogen-bond acceptors (Lipinski definition) is 3. The first-order valence-electron chi connectivity index (χ1n) is 9.06. The second-order valence-electron chi connectivity index (χ2n) is 6.85. The maximum Gasteiger partial charge on any atom is 0.416 e. The van der Waals surface area contributed by atoms with Gasteiger partial charge in [-0.15, -0.1) is 0 Å². The average Bonchev–Trinajstić information content (AvgIpc) is 3.09. The van der Waals surface area contributed by atoms with Crippen LogP contribution in [0.15, 0.2) is 49.1 Å². The third-order valence-corrected chi connectivity index (χ3v) is 4.94. The van der Waals surface area contributed by atoms with E-state index in [4.69, 9.17) is 11.6 Å². The molecule has 0 spiro atoms. The highest BCUT2D eigenvalue weighted by Gasteiger charge is 2.31. The number of H-pyrrole nitrogens is 1. The van der Waals surface area contributed by atoms with E-state index in [-0.39, 0.29) is 12.0 Å². The first-order chi connectivity index (χ1) is 14.3. The van der Waals surface area contributed by atoms with Crippen LogP contribution in [0.1, 0.15) is 28.1 Å². The molecular formula is C21H15ClF4N4. The number of hydrogen-bond donors (Lipinski definition) is 1. The molecule has 3 heterocycles. The lowest BCUT2D eigenvalue weighted by atomic mass is 10.1. The van der Waals surface area contributed by atoms with Crippen LogP contribution >= 0.6 is 11.6 Å². The number of pyridine rings is 1. The average molecular weight is 435 g/mol. The Balaban J connectivity index is 1.42. The van der Waals surface area contributed by atoms with Gasteiger partial charge in [0.1, 0.15) is 17.3 Å². The van der Waals surface area contributed by atoms with Crippen molar-refractivity contribution in [3.63, 3.8) is 0 Å². The summed E-state index contributed by atoms with van der Waals surface area (Å²) in [7, 11) is 0. The summed E-state index contributed by atoms with van der Waals surface area (Å²) in [4.78, 5) is 15.9. The fraction of sp³-hybridized carbons (Fsp3) is 0.190. The lowest BCUT2D eigenvalue weighted by Crippen LogP contribution is -2.07. The maximum atomic E-state index is 14.0. The van der Waals surface area contributed by atoms with Crippen LogP contribution in [0.2, 0.25) is 5.02 Å². The van der Waals surface area contributed by atoms with E-state index in [1.165, 1.54) is 0 Å². The molecule has 0 fully saturated rings. The summed E-state index contributed by atoms with van der Waals surface area (Å²) >= 11 is 6.02. The van der Waals surface area contributed by atoms with Crippen LogP contribution in [-0.2, 0) is 25.4 Å². The molecule has 4 nitrogen and oxygen atoms in total. The maximum absolute atomic E-state index is 14.0. The van der Waals surface area contributed by atoms with Crippen LogP contribution in [0.5, 0.6) is 0 Å². The van der Waals surface area contributed by atoms with E-state index in [9.17, 15) is 17.6 Å². The highest BCUT2D eigenvalue weighted by molar-refractivity contribution is 6.31. The molecule has 30 heavy (non-hydrogen) atoms. The van der Waals surface area contributed by atoms with Crippen LogP contribution in [0.4, 0.5) is 17.6 Å². The molecule has 1 aromatic carbocycles. The zero-order valence-corrected chi connectivity index (χ0v) is 16.2. The molecule has 9 heteroatoms. The van der Waals surface area contributed by atoms with Gasteiger partial charge in [0.05, 0.1) is 10.6 Å². The van der Waals surface area contributed by atoms with E-state index < -0.39 is 17.6 Å². The fourth-order valence-corrected chi connectivity index (χ4v) is 3.33. The molecule has 154 valence electrons. The molecule has 1 N–H and O–H groups in total. The number of aromatic nitrogens is 4. The Hall–Kier alpha value is -3.00. The zero-order valence-electron chi connectivity index (χ0n) is 15.5. The number of halogens is 5. The summed E-state index contributed by atoms with van der Waals surface area (Å²) < 4.78 is 51.8. The van der Waals surface area contributed by atoms with Gasteiger partial charge in [-0.3, -0.25) is 0 Å². The predicted octanol–water partition coefficient (Wildman–Crippen LogP) is 5.54. The Bertz CT molecular complexity index is 1190. The summed E-state index contributed by atoms with van der Waals surface area (Å²) in [5.41, 5.74) is 1.81. The number of fused-ring (bicyclic) bond motifs is 1. The molecule has 0 unspecified atom stereocenters. The first kappa shape index (κ1) is 20.3. The van der Waals surface area contributed by atoms with Crippen molar-refractivity contribution in [2.45, 2.75) is 25.4 Å². The van der Waals surface area contributed by atoms with Gasteiger partial charge in [0, 0.05) is 43.0 Å². The highest BCUT2D eigenvalue weighted by atomic mass is 35.5. The largest absolute Gasteiger partial charge is 0.416 e. The lowest BCUT2D eigenvalue weighted by Gasteiger charge is -2.09. The van der Waals surface area contributed by atoms with Crippen molar-refractivity contribution < 1.29 is 17.6 Å². The third kappa shape index (κ3) is 4.43. The quantitative estimate of drug-likeness (QED) is 0.419. The minimum absolute atomic E-state index is 0.193. The SMILES string of the molecule is Fc1cc(C(F)(F)F)ccc1CCc1ncc(Cc2c[nH]c3ncc(Cl)cc23)cn1. The molecule has 0 saturated carbocycles. The van der Waals surface area contributed by atoms with Crippen molar-refractivity contribution in [1.82, 2.24) is 19.9 Å². The van der Waals surface area contributed by atoms with Crippen molar-refractivity contribution in [3.8, 4) is 0 Å². The van der Waals surface area contributed by atoms with Gasteiger partial charge in [-0.05, 0) is 41.3 Å². The summed E-state index contributed by atoms with van der Waals surface area (Å²) in [6.45, 7) is 0. The molecule has 0 amide bonds. The van der Waals surface area contributed by atoms with Crippen molar-refractivity contribution >= 4 is 22.6 Å². The molecule has 0 atom stereocenters. The summed E-state index contributed by atoms with van der Waals surface area (Å²) in [6, 6.07) is 4.39. The third-order valence-electron chi connectivity index (χ3n) is 4.74. The molecule has 0 aliphatic carbocycles. The molecular weight excluding hydrogens is 420 g/mol. The van der Waals surface area contributed by atoms with Crippen LogP contribution in [-0.4, -0.2) is 19.9 Å². The molecule has 4 aromatic rings. The molecule has 0 aliphatic rings. The first-order valence-corrected chi connectivity index (χ1v) is 9.44. The Morgan fingerprint density at radius 1 is 0.933 bits per heavy atom. The topological polar surface area (TPSA) is 54.5 Å². The monoisotopic (exact) mass is 434 g/mol. The minimum Gasteiger partial charge on any atom is -0.346 e. The second-order valence-corrected chi connectivity index (χ2v) is 7.29. The van der Waals surface area contributed by atoms with Crippen LogP contribution < -0.4 is 0 Å². The van der Waals surface area contributed by atoms with Crippen molar-refractivity contribution in [2.75, 3.05) is 0 Å². The van der Waals surface area contributed by atoms with Gasteiger partial charge < -0.3 is 4.98 Å². The number of benzene rings is 1. The van der Waals surface area contributed by atoms with Crippen LogP contribution in [0.25, 0.3) is 11.0 Å². The lowest BCUT2D eigenvalue weighted by molar-refractivity contribution is -0.137. The van der Waals surface area contributed by atoms with E-state index in [2.05, 4.69) is 19.9 Å². The van der Waals surface area contributed by atoms with Gasteiger partial charge in [0.25, 0.3) is 0 Å². The van der Waals surface area contributed by atoms with E-state index in [0.29, 0.717) is 29.8 Å². The predicted molar refractivity (Wildman–Crippen MR) is 105 cm³/mol. The highest BCUT2D eigenvalue weighted by Crippen LogP contribution is 2.30. The Kier molecular flexibility index (Phi) is 5.42. The van der Waals surface area contributed by atoms with Crippen LogP contribution in [0.3, 0.4) is 0 Å². The number of aryl methyl sites for hydroxylation is 2. The number of nitrogens with one attached hydrogen (secondary N) is 1. The standard InChI is InChI=1S/C21H15ClF4N4/c22-16-7-17-14(10-29-20(17)30-11-16)5-12-8-27-19(28-9-12)4-2-13-1-3-15(6-18(13)23)21(24,25)26/h1,3,6-11H,2,4-5H2,(H,29,30). The van der Waals surface area contributed by atoms with Gasteiger partial charge in [-0.1, -0.05) is 17.7 Å². The molecule has 0 bridgehead atoms. The fourth-order valence-electron chi connectivity index (χ4n) is 3.17. The van der Waals surface area contributed by atoms with E-state index in [1.54, 1.807) is 18.6 Å². The summed E-state index contributed by atoms with van der Waals surface area (Å²) in [6.07, 6.45) is 3.33. The Labute approximate surface area is 174 Å². The molecule has 0 radical (unpaired) electrons. The van der Waals surface area contributed by atoms with E-state index in [1.807, 2.05) is 12.3 Å². The van der Waals surface area contributed by atoms with E-state index >= 15 is 0 Å². The number of alkyl halides is 3. The molecule has 0 aliphatic heterocycles. The van der Waals surface area contributed by atoms with Crippen molar-refractivity contribution in [2.24, 2.45) is 0 Å². The summed E-state index contributed by atoms with van der Waals surface area (Å²) in [5.74, 6) is -0.394. The normalized spacial score (nSPS) is 11.9. The van der Waals surface area contributed by atoms with Gasteiger partial charge in [-0.2, -0.15) is 13.2 Å². The van der Waals surface area contributed by atoms with Gasteiger partial charge in [0.2, 0.25) is 0 Å². The van der Waals surface area contributed by atoms with Crippen molar-refractivity contribution in [3.05, 3.63) is 88.0 Å². The Morgan fingerprint density at radius 3 is 2.40 bits per heavy atom. The van der Waals surface area contributed by atoms with Gasteiger partial charge >= 0.3 is 6.18 Å². The summed E-state index contributed by atoms with van der Waals surface area (Å²) in [5, 5.41) is 1.47. The van der Waals surface area contributed by atoms with Gasteiger partial charge in [0.15, 0.2) is 0 Å². The van der Waals surface area contributed by atoms with Gasteiger partial charge in [-0.25, -0.2) is 19.3 Å². The second kappa shape index (κ2) is 8.02. The molecule has 0 saturated heterocycles.